The van der Waals surface area contributed by atoms with Crippen molar-refractivity contribution in [3.63, 3.8) is 0 Å². The Kier molecular flexibility index (Phi) is 6.08. The Morgan fingerprint density at radius 3 is 2.74 bits per heavy atom. The van der Waals surface area contributed by atoms with Gasteiger partial charge in [-0.05, 0) is 36.4 Å². The van der Waals surface area contributed by atoms with Crippen molar-refractivity contribution in [3.8, 4) is 22.8 Å². The zero-order valence-electron chi connectivity index (χ0n) is 16.2. The van der Waals surface area contributed by atoms with Crippen LogP contribution in [0.1, 0.15) is 12.0 Å². The summed E-state index contributed by atoms with van der Waals surface area (Å²) in [6, 6.07) is 13.5. The number of nitrogens with zero attached hydrogens (tertiary/aromatic N) is 2. The fourth-order valence-electron chi connectivity index (χ4n) is 3.02. The van der Waals surface area contributed by atoms with Crippen molar-refractivity contribution in [2.45, 2.75) is 19.1 Å². The Balaban J connectivity index is 1.37. The van der Waals surface area contributed by atoms with E-state index < -0.39 is 12.7 Å². The Morgan fingerprint density at radius 1 is 1.23 bits per heavy atom. The summed E-state index contributed by atoms with van der Waals surface area (Å²) in [5, 5.41) is 8.91. The normalized spacial score (nSPS) is 15.4. The number of benzene rings is 2. The summed E-state index contributed by atoms with van der Waals surface area (Å²) in [5.74, 6) is 0.349. The van der Waals surface area contributed by atoms with Crippen molar-refractivity contribution in [2.75, 3.05) is 12.4 Å². The summed E-state index contributed by atoms with van der Waals surface area (Å²) >= 11 is 1.24. The number of ether oxygens (including phenoxy) is 2. The number of nitrogens with one attached hydrogen (secondary N) is 1. The van der Waals surface area contributed by atoms with Crippen molar-refractivity contribution >= 4 is 28.1 Å². The van der Waals surface area contributed by atoms with Crippen LogP contribution in [-0.2, 0) is 9.63 Å². The molecule has 1 aromatic heterocycles. The van der Waals surface area contributed by atoms with Crippen LogP contribution in [0.5, 0.6) is 11.5 Å². The molecule has 10 heteroatoms. The molecule has 4 rings (SSSR count). The zero-order valence-corrected chi connectivity index (χ0v) is 17.1. The summed E-state index contributed by atoms with van der Waals surface area (Å²) in [5.41, 5.74) is 2.71. The standard InChI is InChI=1S/C21H17F2N3O4S/c1-28-17-5-3-2-4-14(17)15-10-18(30-26-15)19(27)25-21-24-16(11-31-21)12-6-8-13(9-7-12)29-20(22)23/h2-9,11,18,20H,10H2,1H3,(H,24,25,27). The number of hydrogen-bond donors (Lipinski definition) is 1. The van der Waals surface area contributed by atoms with Gasteiger partial charge in [-0.3, -0.25) is 10.1 Å². The number of rotatable bonds is 7. The van der Waals surface area contributed by atoms with Crippen molar-refractivity contribution in [2.24, 2.45) is 5.16 Å². The quantitative estimate of drug-likeness (QED) is 0.577. The summed E-state index contributed by atoms with van der Waals surface area (Å²) < 4.78 is 34.2. The monoisotopic (exact) mass is 445 g/mol. The van der Waals surface area contributed by atoms with Gasteiger partial charge >= 0.3 is 6.61 Å². The maximum atomic E-state index is 12.6. The number of para-hydroxylation sites is 1. The second-order valence-electron chi connectivity index (χ2n) is 6.47. The van der Waals surface area contributed by atoms with Gasteiger partial charge in [-0.25, -0.2) is 4.98 Å². The first-order chi connectivity index (χ1) is 15.0. The molecule has 1 N–H and O–H groups in total. The third-order valence-electron chi connectivity index (χ3n) is 4.49. The average Bonchev–Trinajstić information content (AvgIpc) is 3.44. The largest absolute Gasteiger partial charge is 0.496 e. The van der Waals surface area contributed by atoms with Gasteiger partial charge in [-0.1, -0.05) is 17.3 Å². The number of carbonyl (C=O) groups is 1. The molecule has 2 aromatic carbocycles. The molecule has 0 saturated heterocycles. The lowest BCUT2D eigenvalue weighted by atomic mass is 10.0. The molecule has 1 aliphatic heterocycles. The predicted molar refractivity (Wildman–Crippen MR) is 112 cm³/mol. The Bertz CT molecular complexity index is 1100. The summed E-state index contributed by atoms with van der Waals surface area (Å²) in [6.45, 7) is -2.88. The van der Waals surface area contributed by atoms with Gasteiger partial charge in [0.2, 0.25) is 6.10 Å². The van der Waals surface area contributed by atoms with E-state index in [1.54, 1.807) is 24.6 Å². The van der Waals surface area contributed by atoms with Crippen LogP contribution in [0.25, 0.3) is 11.3 Å². The van der Waals surface area contributed by atoms with Gasteiger partial charge < -0.3 is 14.3 Å². The van der Waals surface area contributed by atoms with E-state index in [0.717, 1.165) is 5.56 Å². The van der Waals surface area contributed by atoms with Crippen molar-refractivity contribution in [1.82, 2.24) is 4.98 Å². The van der Waals surface area contributed by atoms with Gasteiger partial charge in [-0.15, -0.1) is 11.3 Å². The van der Waals surface area contributed by atoms with Crippen LogP contribution in [0.15, 0.2) is 59.1 Å². The van der Waals surface area contributed by atoms with Crippen LogP contribution < -0.4 is 14.8 Å². The molecule has 7 nitrogen and oxygen atoms in total. The summed E-state index contributed by atoms with van der Waals surface area (Å²) in [4.78, 5) is 22.3. The number of anilines is 1. The number of alkyl halides is 2. The maximum absolute atomic E-state index is 12.6. The molecule has 0 aliphatic carbocycles. The van der Waals surface area contributed by atoms with E-state index in [2.05, 4.69) is 20.2 Å². The smallest absolute Gasteiger partial charge is 0.387 e. The summed E-state index contributed by atoms with van der Waals surface area (Å²) in [6.07, 6.45) is -0.478. The molecule has 1 amide bonds. The highest BCUT2D eigenvalue weighted by molar-refractivity contribution is 7.14. The topological polar surface area (TPSA) is 82.0 Å². The van der Waals surface area contributed by atoms with E-state index in [0.29, 0.717) is 34.3 Å². The summed E-state index contributed by atoms with van der Waals surface area (Å²) in [7, 11) is 1.57. The van der Waals surface area contributed by atoms with Gasteiger partial charge in [0.25, 0.3) is 5.91 Å². The highest BCUT2D eigenvalue weighted by Gasteiger charge is 2.30. The minimum Gasteiger partial charge on any atom is -0.496 e. The first-order valence-electron chi connectivity index (χ1n) is 9.21. The van der Waals surface area contributed by atoms with E-state index in [1.165, 1.54) is 23.5 Å². The third-order valence-corrected chi connectivity index (χ3v) is 5.25. The molecule has 0 radical (unpaired) electrons. The first-order valence-corrected chi connectivity index (χ1v) is 10.1. The molecule has 31 heavy (non-hydrogen) atoms. The molecular weight excluding hydrogens is 428 g/mol. The average molecular weight is 445 g/mol. The second kappa shape index (κ2) is 9.09. The first kappa shape index (κ1) is 20.7. The van der Waals surface area contributed by atoms with Crippen molar-refractivity contribution in [3.05, 3.63) is 59.5 Å². The highest BCUT2D eigenvalue weighted by atomic mass is 32.1. The van der Waals surface area contributed by atoms with Crippen molar-refractivity contribution < 1.29 is 27.9 Å². The molecule has 160 valence electrons. The highest BCUT2D eigenvalue weighted by Crippen LogP contribution is 2.28. The molecule has 2 heterocycles. The van der Waals surface area contributed by atoms with Gasteiger partial charge in [0.05, 0.1) is 18.5 Å². The Labute approximate surface area is 180 Å². The SMILES string of the molecule is COc1ccccc1C1=NOC(C(=O)Nc2nc(-c3ccc(OC(F)F)cc3)cs2)C1. The van der Waals surface area contributed by atoms with Crippen LogP contribution in [0.4, 0.5) is 13.9 Å². The van der Waals surface area contributed by atoms with Gasteiger partial charge in [0.1, 0.15) is 11.5 Å². The number of thiazole rings is 1. The number of aromatic nitrogens is 1. The van der Waals surface area contributed by atoms with Crippen LogP contribution >= 0.6 is 11.3 Å². The van der Waals surface area contributed by atoms with Gasteiger partial charge in [0, 0.05) is 22.9 Å². The van der Waals surface area contributed by atoms with Gasteiger partial charge in [-0.2, -0.15) is 8.78 Å². The molecule has 1 unspecified atom stereocenters. The predicted octanol–water partition coefficient (Wildman–Crippen LogP) is 4.55. The number of halogens is 2. The van der Waals surface area contributed by atoms with E-state index in [4.69, 9.17) is 9.57 Å². The van der Waals surface area contributed by atoms with E-state index >= 15 is 0 Å². The number of methoxy groups -OCH3 is 1. The second-order valence-corrected chi connectivity index (χ2v) is 7.32. The molecule has 1 aliphatic rings. The van der Waals surface area contributed by atoms with E-state index in [9.17, 15) is 13.6 Å². The lowest BCUT2D eigenvalue weighted by Gasteiger charge is -2.08. The van der Waals surface area contributed by atoms with Crippen LogP contribution in [0.3, 0.4) is 0 Å². The zero-order chi connectivity index (χ0) is 21.8. The van der Waals surface area contributed by atoms with E-state index in [1.807, 2.05) is 24.3 Å². The molecule has 0 bridgehead atoms. The lowest BCUT2D eigenvalue weighted by molar-refractivity contribution is -0.125. The van der Waals surface area contributed by atoms with Crippen LogP contribution in [0.2, 0.25) is 0 Å². The van der Waals surface area contributed by atoms with Crippen molar-refractivity contribution in [1.29, 1.82) is 0 Å². The minimum absolute atomic E-state index is 0.0618. The lowest BCUT2D eigenvalue weighted by Crippen LogP contribution is -2.28. The fraction of sp³-hybridized carbons (Fsp3) is 0.190. The molecular formula is C21H17F2N3O4S. The number of hydrogen-bond acceptors (Lipinski definition) is 7. The number of oxime groups is 1. The fourth-order valence-corrected chi connectivity index (χ4v) is 3.74. The number of amides is 1. The maximum Gasteiger partial charge on any atom is 0.387 e. The van der Waals surface area contributed by atoms with E-state index in [-0.39, 0.29) is 11.7 Å². The molecule has 1 atom stereocenters. The minimum atomic E-state index is -2.88. The molecule has 0 spiro atoms. The number of carbonyl (C=O) groups excluding carboxylic acids is 1. The molecule has 0 saturated carbocycles. The molecule has 3 aromatic rings. The molecule has 0 fully saturated rings. The third kappa shape index (κ3) is 4.80. The Morgan fingerprint density at radius 2 is 2.00 bits per heavy atom. The van der Waals surface area contributed by atoms with Crippen LogP contribution in [0, 0.1) is 0 Å². The van der Waals surface area contributed by atoms with Crippen LogP contribution in [-0.4, -0.2) is 36.4 Å². The van der Waals surface area contributed by atoms with Gasteiger partial charge in [0.15, 0.2) is 5.13 Å². The Hall–Kier alpha value is -3.53.